The number of hydrogen-bond acceptors (Lipinski definition) is 3. The van der Waals surface area contributed by atoms with E-state index in [9.17, 15) is 9.59 Å². The molecule has 3 rings (SSSR count). The Morgan fingerprint density at radius 3 is 2.57 bits per heavy atom. The lowest BCUT2D eigenvalue weighted by Crippen LogP contribution is -2.42. The third-order valence-corrected chi connectivity index (χ3v) is 4.84. The predicted octanol–water partition coefficient (Wildman–Crippen LogP) is 2.24. The molecule has 1 amide bonds. The Kier molecular flexibility index (Phi) is 4.96. The molecule has 23 heavy (non-hydrogen) atoms. The molecule has 124 valence electrons. The molecule has 3 atom stereocenters. The second-order valence-electron chi connectivity index (χ2n) is 6.38. The molecule has 0 bridgehead atoms. The molecule has 5 nitrogen and oxygen atoms in total. The van der Waals surface area contributed by atoms with E-state index in [0.717, 1.165) is 32.2 Å². The van der Waals surface area contributed by atoms with Crippen molar-refractivity contribution in [2.24, 2.45) is 0 Å². The van der Waals surface area contributed by atoms with Crippen molar-refractivity contribution < 1.29 is 19.4 Å². The molecule has 0 saturated carbocycles. The lowest BCUT2D eigenvalue weighted by atomic mass is 10.0. The highest BCUT2D eigenvalue weighted by Gasteiger charge is 2.39. The Hall–Kier alpha value is -1.88. The van der Waals surface area contributed by atoms with Crippen molar-refractivity contribution in [2.75, 3.05) is 6.54 Å². The molecule has 5 heteroatoms. The van der Waals surface area contributed by atoms with Gasteiger partial charge in [0.1, 0.15) is 6.10 Å². The number of carboxylic acids is 1. The molecular formula is C18H23NO4. The molecular weight excluding hydrogens is 294 g/mol. The normalized spacial score (nSPS) is 27.3. The Morgan fingerprint density at radius 2 is 1.87 bits per heavy atom. The van der Waals surface area contributed by atoms with E-state index in [-0.39, 0.29) is 11.9 Å². The Morgan fingerprint density at radius 1 is 1.13 bits per heavy atom. The van der Waals surface area contributed by atoms with E-state index in [0.29, 0.717) is 12.8 Å². The quantitative estimate of drug-likeness (QED) is 0.904. The smallest absolute Gasteiger partial charge is 0.332 e. The van der Waals surface area contributed by atoms with E-state index in [1.54, 1.807) is 0 Å². The molecule has 0 aromatic heterocycles. The SMILES string of the molecule is O=C(O)[C@H]1CC[C@@H](C(=O)N2CCCC2CCc2ccccc2)O1. The van der Waals surface area contributed by atoms with Crippen molar-refractivity contribution in [1.29, 1.82) is 0 Å². The predicted molar refractivity (Wildman–Crippen MR) is 85.0 cm³/mol. The zero-order chi connectivity index (χ0) is 16.2. The van der Waals surface area contributed by atoms with Crippen molar-refractivity contribution >= 4 is 11.9 Å². The van der Waals surface area contributed by atoms with Crippen molar-refractivity contribution in [1.82, 2.24) is 4.90 Å². The van der Waals surface area contributed by atoms with E-state index in [2.05, 4.69) is 12.1 Å². The van der Waals surface area contributed by atoms with E-state index in [1.807, 2.05) is 23.1 Å². The summed E-state index contributed by atoms with van der Waals surface area (Å²) in [4.78, 5) is 25.5. The highest BCUT2D eigenvalue weighted by Crippen LogP contribution is 2.27. The molecule has 2 fully saturated rings. The molecule has 2 heterocycles. The van der Waals surface area contributed by atoms with Crippen LogP contribution in [0.5, 0.6) is 0 Å². The van der Waals surface area contributed by atoms with Crippen LogP contribution < -0.4 is 0 Å². The van der Waals surface area contributed by atoms with Gasteiger partial charge in [-0.15, -0.1) is 0 Å². The maximum absolute atomic E-state index is 12.6. The van der Waals surface area contributed by atoms with Crippen LogP contribution in [-0.2, 0) is 20.7 Å². The van der Waals surface area contributed by atoms with Gasteiger partial charge in [0.15, 0.2) is 6.10 Å². The molecule has 2 aliphatic rings. The number of carbonyl (C=O) groups is 2. The van der Waals surface area contributed by atoms with Crippen LogP contribution in [0.4, 0.5) is 0 Å². The van der Waals surface area contributed by atoms with Gasteiger partial charge in [-0.2, -0.15) is 0 Å². The lowest BCUT2D eigenvalue weighted by molar-refractivity contribution is -0.155. The molecule has 0 aliphatic carbocycles. The van der Waals surface area contributed by atoms with Crippen LogP contribution in [0.1, 0.15) is 37.7 Å². The monoisotopic (exact) mass is 317 g/mol. The summed E-state index contributed by atoms with van der Waals surface area (Å²) in [6.45, 7) is 0.760. The molecule has 2 aliphatic heterocycles. The second-order valence-corrected chi connectivity index (χ2v) is 6.38. The minimum absolute atomic E-state index is 0.0238. The van der Waals surface area contributed by atoms with Gasteiger partial charge in [-0.3, -0.25) is 4.79 Å². The number of ether oxygens (including phenoxy) is 1. The average Bonchev–Trinajstić information content (AvgIpc) is 3.22. The summed E-state index contributed by atoms with van der Waals surface area (Å²) in [6, 6.07) is 10.5. The fraction of sp³-hybridized carbons (Fsp3) is 0.556. The molecule has 2 saturated heterocycles. The second kappa shape index (κ2) is 7.13. The van der Waals surface area contributed by atoms with Gasteiger partial charge in [-0.05, 0) is 44.1 Å². The topological polar surface area (TPSA) is 66.8 Å². The van der Waals surface area contributed by atoms with Crippen LogP contribution in [0.25, 0.3) is 0 Å². The van der Waals surface area contributed by atoms with Crippen LogP contribution in [0.15, 0.2) is 30.3 Å². The summed E-state index contributed by atoms with van der Waals surface area (Å²) >= 11 is 0. The number of carbonyl (C=O) groups excluding carboxylic acids is 1. The number of rotatable bonds is 5. The summed E-state index contributed by atoms with van der Waals surface area (Å²) < 4.78 is 5.42. The van der Waals surface area contributed by atoms with E-state index in [4.69, 9.17) is 9.84 Å². The van der Waals surface area contributed by atoms with Gasteiger partial charge in [0.2, 0.25) is 0 Å². The fourth-order valence-corrected chi connectivity index (χ4v) is 3.59. The first-order chi connectivity index (χ1) is 11.1. The van der Waals surface area contributed by atoms with Crippen molar-refractivity contribution in [3.8, 4) is 0 Å². The van der Waals surface area contributed by atoms with Gasteiger partial charge < -0.3 is 14.7 Å². The Bertz CT molecular complexity index is 559. The van der Waals surface area contributed by atoms with Gasteiger partial charge in [0.25, 0.3) is 5.91 Å². The molecule has 1 aromatic carbocycles. The highest BCUT2D eigenvalue weighted by molar-refractivity contribution is 5.83. The summed E-state index contributed by atoms with van der Waals surface area (Å²) in [5.41, 5.74) is 1.29. The molecule has 1 unspecified atom stereocenters. The van der Waals surface area contributed by atoms with Gasteiger partial charge >= 0.3 is 5.97 Å². The van der Waals surface area contributed by atoms with Crippen molar-refractivity contribution in [3.63, 3.8) is 0 Å². The zero-order valence-corrected chi connectivity index (χ0v) is 13.2. The van der Waals surface area contributed by atoms with E-state index < -0.39 is 18.2 Å². The van der Waals surface area contributed by atoms with Crippen LogP contribution in [0.2, 0.25) is 0 Å². The first-order valence-electron chi connectivity index (χ1n) is 8.38. The first kappa shape index (κ1) is 16.0. The standard InChI is InChI=1S/C18H23NO4/c20-17(15-10-11-16(23-15)18(21)22)19-12-4-7-14(19)9-8-13-5-2-1-3-6-13/h1-3,5-6,14-16H,4,7-12H2,(H,21,22)/t14?,15-,16+/m0/s1. The lowest BCUT2D eigenvalue weighted by Gasteiger charge is -2.27. The van der Waals surface area contributed by atoms with Gasteiger partial charge in [0, 0.05) is 12.6 Å². The summed E-state index contributed by atoms with van der Waals surface area (Å²) in [5, 5.41) is 8.99. The van der Waals surface area contributed by atoms with Crippen LogP contribution in [0, 0.1) is 0 Å². The minimum atomic E-state index is -0.970. The molecule has 1 aromatic rings. The van der Waals surface area contributed by atoms with Gasteiger partial charge in [0.05, 0.1) is 0 Å². The van der Waals surface area contributed by atoms with E-state index in [1.165, 1.54) is 5.56 Å². The van der Waals surface area contributed by atoms with Gasteiger partial charge in [-0.1, -0.05) is 30.3 Å². The number of nitrogens with zero attached hydrogens (tertiary/aromatic N) is 1. The number of benzene rings is 1. The highest BCUT2D eigenvalue weighted by atomic mass is 16.5. The maximum atomic E-state index is 12.6. The maximum Gasteiger partial charge on any atom is 0.332 e. The largest absolute Gasteiger partial charge is 0.479 e. The first-order valence-corrected chi connectivity index (χ1v) is 8.38. The Balaban J connectivity index is 1.56. The molecule has 0 spiro atoms. The number of carboxylic acid groups (broad SMARTS) is 1. The minimum Gasteiger partial charge on any atom is -0.479 e. The zero-order valence-electron chi connectivity index (χ0n) is 13.2. The number of likely N-dealkylation sites (tertiary alicyclic amines) is 1. The summed E-state index contributed by atoms with van der Waals surface area (Å²) in [6.07, 6.45) is 3.48. The number of hydrogen-bond donors (Lipinski definition) is 1. The van der Waals surface area contributed by atoms with Crippen LogP contribution in [-0.4, -0.2) is 46.7 Å². The average molecular weight is 317 g/mol. The summed E-state index contributed by atoms with van der Waals surface area (Å²) in [7, 11) is 0. The number of aliphatic carboxylic acids is 1. The number of aryl methyl sites for hydroxylation is 1. The number of amides is 1. The third-order valence-electron chi connectivity index (χ3n) is 4.84. The molecule has 1 N–H and O–H groups in total. The van der Waals surface area contributed by atoms with Crippen LogP contribution >= 0.6 is 0 Å². The Labute approximate surface area is 136 Å². The van der Waals surface area contributed by atoms with E-state index >= 15 is 0 Å². The van der Waals surface area contributed by atoms with Crippen LogP contribution in [0.3, 0.4) is 0 Å². The summed E-state index contributed by atoms with van der Waals surface area (Å²) in [5.74, 6) is -0.994. The van der Waals surface area contributed by atoms with Gasteiger partial charge in [-0.25, -0.2) is 4.79 Å². The van der Waals surface area contributed by atoms with Crippen molar-refractivity contribution in [3.05, 3.63) is 35.9 Å². The van der Waals surface area contributed by atoms with Crippen molar-refractivity contribution in [2.45, 2.75) is 56.8 Å². The molecule has 0 radical (unpaired) electrons. The fourth-order valence-electron chi connectivity index (χ4n) is 3.59. The third kappa shape index (κ3) is 3.72.